The van der Waals surface area contributed by atoms with Gasteiger partial charge in [-0.05, 0) is 0 Å². The van der Waals surface area contributed by atoms with Crippen LogP contribution in [0.4, 0.5) is 24.8 Å². The molecule has 9 heteroatoms. The number of carbonyl (C=O) groups is 1. The Kier molecular flexibility index (Phi) is 4.29. The molecule has 0 spiro atoms. The lowest BCUT2D eigenvalue weighted by Crippen LogP contribution is -2.26. The fraction of sp³-hybridized carbons (Fsp3) is 0.444. The highest BCUT2D eigenvalue weighted by Crippen LogP contribution is 2.28. The number of carbonyl (C=O) groups excluding carboxylic acids is 1. The minimum absolute atomic E-state index is 0.0109. The van der Waals surface area contributed by atoms with E-state index in [1.165, 1.54) is 20.2 Å². The molecule has 0 atom stereocenters. The molecule has 0 bridgehead atoms. The summed E-state index contributed by atoms with van der Waals surface area (Å²) in [4.78, 5) is 17.5. The van der Waals surface area contributed by atoms with Crippen molar-refractivity contribution in [1.82, 2.24) is 15.3 Å². The molecule has 0 aliphatic carbocycles. The summed E-state index contributed by atoms with van der Waals surface area (Å²) in [7, 11) is 2.86. The van der Waals surface area contributed by atoms with Crippen LogP contribution in [0.3, 0.4) is 0 Å². The quantitative estimate of drug-likeness (QED) is 0.745. The molecule has 6 nitrogen and oxygen atoms in total. The van der Waals surface area contributed by atoms with Gasteiger partial charge in [0.05, 0.1) is 6.54 Å². The van der Waals surface area contributed by atoms with Gasteiger partial charge in [0.15, 0.2) is 0 Å². The number of rotatable bonds is 4. The number of anilines is 2. The van der Waals surface area contributed by atoms with Crippen LogP contribution in [0.5, 0.6) is 0 Å². The molecule has 0 aliphatic heterocycles. The Bertz CT molecular complexity index is 435. The van der Waals surface area contributed by atoms with Crippen LogP contribution >= 0.6 is 0 Å². The molecule has 0 aliphatic rings. The van der Waals surface area contributed by atoms with Crippen LogP contribution in [0.1, 0.15) is 5.82 Å². The molecular formula is C9H12F3N5O. The van der Waals surface area contributed by atoms with Crippen molar-refractivity contribution in [2.24, 2.45) is 0 Å². The Morgan fingerprint density at radius 1 is 1.28 bits per heavy atom. The number of alkyl halides is 3. The van der Waals surface area contributed by atoms with Gasteiger partial charge in [-0.25, -0.2) is 9.97 Å². The molecule has 0 saturated heterocycles. The third-order valence-corrected chi connectivity index (χ3v) is 1.94. The standard InChI is InChI=1S/C9H12F3N5O/c1-13-5-3-6(15-4-7(18)14-2)17-8(16-5)9(10,11)12/h3H,4H2,1-2H3,(H,14,18)(H2,13,15,16,17). The summed E-state index contributed by atoms with van der Waals surface area (Å²) in [6, 6.07) is 1.28. The smallest absolute Gasteiger partial charge is 0.373 e. The van der Waals surface area contributed by atoms with Gasteiger partial charge in [-0.2, -0.15) is 13.2 Å². The summed E-state index contributed by atoms with van der Waals surface area (Å²) in [5.41, 5.74) is 0. The van der Waals surface area contributed by atoms with Gasteiger partial charge in [0.2, 0.25) is 11.7 Å². The fourth-order valence-electron chi connectivity index (χ4n) is 1.05. The van der Waals surface area contributed by atoms with Crippen molar-refractivity contribution in [3.63, 3.8) is 0 Å². The van der Waals surface area contributed by atoms with Crippen molar-refractivity contribution in [2.75, 3.05) is 31.3 Å². The highest BCUT2D eigenvalue weighted by atomic mass is 19.4. The number of nitrogens with zero attached hydrogens (tertiary/aromatic N) is 2. The lowest BCUT2D eigenvalue weighted by atomic mass is 10.4. The highest BCUT2D eigenvalue weighted by molar-refractivity contribution is 5.80. The predicted molar refractivity (Wildman–Crippen MR) is 59.1 cm³/mol. The van der Waals surface area contributed by atoms with E-state index in [1.54, 1.807) is 0 Å². The largest absolute Gasteiger partial charge is 0.451 e. The minimum Gasteiger partial charge on any atom is -0.373 e. The third kappa shape index (κ3) is 3.75. The first-order chi connectivity index (χ1) is 8.36. The number of nitrogens with one attached hydrogen (secondary N) is 3. The predicted octanol–water partition coefficient (Wildman–Crippen LogP) is 0.695. The highest BCUT2D eigenvalue weighted by Gasteiger charge is 2.35. The number of hydrogen-bond acceptors (Lipinski definition) is 5. The maximum Gasteiger partial charge on any atom is 0.451 e. The van der Waals surface area contributed by atoms with Crippen LogP contribution in [0.25, 0.3) is 0 Å². The Morgan fingerprint density at radius 3 is 2.39 bits per heavy atom. The average molecular weight is 263 g/mol. The van der Waals surface area contributed by atoms with Crippen molar-refractivity contribution in [3.05, 3.63) is 11.9 Å². The molecule has 1 aromatic heterocycles. The first-order valence-corrected chi connectivity index (χ1v) is 4.95. The van der Waals surface area contributed by atoms with Crippen LogP contribution in [0, 0.1) is 0 Å². The number of hydrogen-bond donors (Lipinski definition) is 3. The molecule has 0 saturated carbocycles. The molecular weight excluding hydrogens is 251 g/mol. The second-order valence-corrected chi connectivity index (χ2v) is 3.24. The van der Waals surface area contributed by atoms with Gasteiger partial charge < -0.3 is 16.0 Å². The zero-order valence-corrected chi connectivity index (χ0v) is 9.72. The van der Waals surface area contributed by atoms with Crippen molar-refractivity contribution >= 4 is 17.5 Å². The van der Waals surface area contributed by atoms with Crippen LogP contribution in [-0.2, 0) is 11.0 Å². The van der Waals surface area contributed by atoms with Gasteiger partial charge >= 0.3 is 6.18 Å². The maximum atomic E-state index is 12.5. The van der Waals surface area contributed by atoms with E-state index in [2.05, 4.69) is 25.9 Å². The second-order valence-electron chi connectivity index (χ2n) is 3.24. The van der Waals surface area contributed by atoms with Crippen LogP contribution in [0.15, 0.2) is 6.07 Å². The van der Waals surface area contributed by atoms with E-state index in [0.717, 1.165) is 0 Å². The van der Waals surface area contributed by atoms with Gasteiger partial charge in [-0.15, -0.1) is 0 Å². The zero-order chi connectivity index (χ0) is 13.8. The lowest BCUT2D eigenvalue weighted by molar-refractivity contribution is -0.144. The van der Waals surface area contributed by atoms with Crippen molar-refractivity contribution in [1.29, 1.82) is 0 Å². The number of likely N-dealkylation sites (N-methyl/N-ethyl adjacent to an activating group) is 1. The molecule has 18 heavy (non-hydrogen) atoms. The van der Waals surface area contributed by atoms with Crippen molar-refractivity contribution < 1.29 is 18.0 Å². The second kappa shape index (κ2) is 5.52. The molecule has 1 rings (SSSR count). The topological polar surface area (TPSA) is 78.9 Å². The number of halogens is 3. The Labute approximate surface area is 101 Å². The van der Waals surface area contributed by atoms with E-state index in [4.69, 9.17) is 0 Å². The molecule has 0 aromatic carbocycles. The summed E-state index contributed by atoms with van der Waals surface area (Å²) in [5.74, 6) is -1.70. The first kappa shape index (κ1) is 14.0. The van der Waals surface area contributed by atoms with Gasteiger partial charge in [0.25, 0.3) is 0 Å². The van der Waals surface area contributed by atoms with Crippen LogP contribution < -0.4 is 16.0 Å². The van der Waals surface area contributed by atoms with Gasteiger partial charge in [0, 0.05) is 20.2 Å². The number of aromatic nitrogens is 2. The summed E-state index contributed by atoms with van der Waals surface area (Å²) in [5, 5.41) is 7.30. The average Bonchev–Trinajstić information content (AvgIpc) is 2.34. The van der Waals surface area contributed by atoms with E-state index in [0.29, 0.717) is 0 Å². The van der Waals surface area contributed by atoms with E-state index < -0.39 is 12.0 Å². The normalized spacial score (nSPS) is 10.9. The summed E-state index contributed by atoms with van der Waals surface area (Å²) < 4.78 is 37.5. The van der Waals surface area contributed by atoms with Crippen molar-refractivity contribution in [2.45, 2.75) is 6.18 Å². The van der Waals surface area contributed by atoms with E-state index in [-0.39, 0.29) is 24.1 Å². The molecule has 1 aromatic rings. The SMILES string of the molecule is CNC(=O)CNc1cc(NC)nc(C(F)(F)F)n1. The maximum absolute atomic E-state index is 12.5. The fourth-order valence-corrected chi connectivity index (χ4v) is 1.05. The van der Waals surface area contributed by atoms with Crippen LogP contribution in [0.2, 0.25) is 0 Å². The minimum atomic E-state index is -4.64. The molecule has 1 amide bonds. The van der Waals surface area contributed by atoms with Gasteiger partial charge in [-0.3, -0.25) is 4.79 Å². The van der Waals surface area contributed by atoms with E-state index in [9.17, 15) is 18.0 Å². The molecule has 0 radical (unpaired) electrons. The Morgan fingerprint density at radius 2 is 1.89 bits per heavy atom. The molecule has 3 N–H and O–H groups in total. The molecule has 1 heterocycles. The zero-order valence-electron chi connectivity index (χ0n) is 9.72. The molecule has 100 valence electrons. The van der Waals surface area contributed by atoms with Crippen LogP contribution in [-0.4, -0.2) is 36.5 Å². The lowest BCUT2D eigenvalue weighted by Gasteiger charge is -2.10. The first-order valence-electron chi connectivity index (χ1n) is 4.95. The summed E-state index contributed by atoms with van der Waals surface area (Å²) in [6.45, 7) is -0.173. The van der Waals surface area contributed by atoms with Gasteiger partial charge in [0.1, 0.15) is 11.6 Å². The molecule has 0 unspecified atom stereocenters. The van der Waals surface area contributed by atoms with Gasteiger partial charge in [-0.1, -0.05) is 0 Å². The Hall–Kier alpha value is -2.06. The van der Waals surface area contributed by atoms with E-state index in [1.807, 2.05) is 0 Å². The monoisotopic (exact) mass is 263 g/mol. The molecule has 0 fully saturated rings. The van der Waals surface area contributed by atoms with Crippen molar-refractivity contribution in [3.8, 4) is 0 Å². The number of amides is 1. The third-order valence-electron chi connectivity index (χ3n) is 1.94. The summed E-state index contributed by atoms with van der Waals surface area (Å²) >= 11 is 0. The Balaban J connectivity index is 2.94. The summed E-state index contributed by atoms with van der Waals surface area (Å²) in [6.07, 6.45) is -4.64. The van der Waals surface area contributed by atoms with E-state index >= 15 is 0 Å².